The summed E-state index contributed by atoms with van der Waals surface area (Å²) in [6, 6.07) is 14.2. The van der Waals surface area contributed by atoms with Gasteiger partial charge < -0.3 is 0 Å². The average molecular weight is 372 g/mol. The number of rotatable bonds is 4. The van der Waals surface area contributed by atoms with Crippen LogP contribution >= 0.6 is 0 Å². The average Bonchev–Trinajstić information content (AvgIpc) is 3.46. The van der Waals surface area contributed by atoms with Gasteiger partial charge in [0.15, 0.2) is 5.82 Å². The zero-order chi connectivity index (χ0) is 19.1. The van der Waals surface area contributed by atoms with Crippen molar-refractivity contribution in [2.24, 2.45) is 0 Å². The Morgan fingerprint density at radius 3 is 2.46 bits per heavy atom. The summed E-state index contributed by atoms with van der Waals surface area (Å²) in [6.45, 7) is 2.03. The van der Waals surface area contributed by atoms with Crippen LogP contribution in [0.4, 0.5) is 4.39 Å². The lowest BCUT2D eigenvalue weighted by molar-refractivity contribution is 0.628. The van der Waals surface area contributed by atoms with Gasteiger partial charge in [0.05, 0.1) is 16.9 Å². The molecule has 1 saturated carbocycles. The molecule has 0 radical (unpaired) electrons. The maximum absolute atomic E-state index is 13.4. The van der Waals surface area contributed by atoms with Crippen molar-refractivity contribution in [3.05, 3.63) is 71.9 Å². The summed E-state index contributed by atoms with van der Waals surface area (Å²) in [6.07, 6.45) is 3.97. The molecule has 2 aromatic carbocycles. The molecule has 2 heterocycles. The summed E-state index contributed by atoms with van der Waals surface area (Å²) in [4.78, 5) is 9.35. The Labute approximate surface area is 161 Å². The summed E-state index contributed by atoms with van der Waals surface area (Å²) >= 11 is 0. The first-order chi connectivity index (χ1) is 13.7. The number of aryl methyl sites for hydroxylation is 1. The van der Waals surface area contributed by atoms with Crippen LogP contribution in [0.1, 0.15) is 30.1 Å². The Morgan fingerprint density at radius 1 is 1.00 bits per heavy atom. The first kappa shape index (κ1) is 16.7. The van der Waals surface area contributed by atoms with Crippen LogP contribution in [-0.4, -0.2) is 30.2 Å². The summed E-state index contributed by atoms with van der Waals surface area (Å²) in [7, 11) is 0. The SMILES string of the molecule is Cc1ccc(-n2nnnc2-c2cnc(C3CC3)nc2-c2ccc(F)cc2)cc1. The van der Waals surface area contributed by atoms with Crippen LogP contribution in [0.5, 0.6) is 0 Å². The topological polar surface area (TPSA) is 69.4 Å². The number of benzene rings is 2. The van der Waals surface area contributed by atoms with Gasteiger partial charge in [-0.3, -0.25) is 0 Å². The van der Waals surface area contributed by atoms with Crippen molar-refractivity contribution in [1.82, 2.24) is 30.2 Å². The van der Waals surface area contributed by atoms with Gasteiger partial charge in [-0.05, 0) is 66.6 Å². The van der Waals surface area contributed by atoms with Gasteiger partial charge >= 0.3 is 0 Å². The van der Waals surface area contributed by atoms with Crippen molar-refractivity contribution < 1.29 is 4.39 Å². The Morgan fingerprint density at radius 2 is 1.75 bits per heavy atom. The predicted octanol–water partition coefficient (Wildman–Crippen LogP) is 4.11. The lowest BCUT2D eigenvalue weighted by atomic mass is 10.1. The minimum absolute atomic E-state index is 0.286. The fourth-order valence-corrected chi connectivity index (χ4v) is 3.14. The lowest BCUT2D eigenvalue weighted by Crippen LogP contribution is -2.04. The predicted molar refractivity (Wildman–Crippen MR) is 102 cm³/mol. The Bertz CT molecular complexity index is 1130. The van der Waals surface area contributed by atoms with Gasteiger partial charge in [-0.15, -0.1) is 5.10 Å². The molecule has 7 heteroatoms. The quantitative estimate of drug-likeness (QED) is 0.539. The van der Waals surface area contributed by atoms with E-state index >= 15 is 0 Å². The number of hydrogen-bond donors (Lipinski definition) is 0. The van der Waals surface area contributed by atoms with E-state index in [1.54, 1.807) is 23.0 Å². The highest BCUT2D eigenvalue weighted by Gasteiger charge is 2.28. The van der Waals surface area contributed by atoms with Crippen LogP contribution in [0.25, 0.3) is 28.3 Å². The molecule has 0 bridgehead atoms. The number of nitrogens with zero attached hydrogens (tertiary/aromatic N) is 6. The zero-order valence-electron chi connectivity index (χ0n) is 15.2. The summed E-state index contributed by atoms with van der Waals surface area (Å²) < 4.78 is 15.1. The van der Waals surface area contributed by atoms with Gasteiger partial charge in [-0.2, -0.15) is 4.68 Å². The van der Waals surface area contributed by atoms with Crippen molar-refractivity contribution in [2.45, 2.75) is 25.7 Å². The summed E-state index contributed by atoms with van der Waals surface area (Å²) in [5.74, 6) is 1.48. The largest absolute Gasteiger partial charge is 0.240 e. The second kappa shape index (κ2) is 6.60. The van der Waals surface area contributed by atoms with Crippen molar-refractivity contribution in [3.63, 3.8) is 0 Å². The standard InChI is InChI=1S/C21H17FN6/c1-13-2-10-17(11-3-13)28-21(25-26-27-28)18-12-23-20(15-4-5-15)24-19(18)14-6-8-16(22)9-7-14/h2-3,6-12,15H,4-5H2,1H3. The van der Waals surface area contributed by atoms with Crippen LogP contribution < -0.4 is 0 Å². The van der Waals surface area contributed by atoms with E-state index in [0.29, 0.717) is 23.0 Å². The maximum atomic E-state index is 13.4. The first-order valence-electron chi connectivity index (χ1n) is 9.18. The molecule has 2 aromatic heterocycles. The Hall–Kier alpha value is -3.48. The van der Waals surface area contributed by atoms with E-state index in [4.69, 9.17) is 4.98 Å². The first-order valence-corrected chi connectivity index (χ1v) is 9.18. The summed E-state index contributed by atoms with van der Waals surface area (Å²) in [5.41, 5.74) is 4.23. The molecule has 4 aromatic rings. The molecule has 1 fully saturated rings. The molecular weight excluding hydrogens is 355 g/mol. The van der Waals surface area contributed by atoms with Gasteiger partial charge in [0.2, 0.25) is 0 Å². The van der Waals surface area contributed by atoms with E-state index in [-0.39, 0.29) is 5.82 Å². The van der Waals surface area contributed by atoms with Crippen molar-refractivity contribution in [2.75, 3.05) is 0 Å². The highest BCUT2D eigenvalue weighted by atomic mass is 19.1. The molecule has 28 heavy (non-hydrogen) atoms. The monoisotopic (exact) mass is 372 g/mol. The zero-order valence-corrected chi connectivity index (χ0v) is 15.2. The van der Waals surface area contributed by atoms with E-state index in [2.05, 4.69) is 20.5 Å². The van der Waals surface area contributed by atoms with Crippen LogP contribution in [0.2, 0.25) is 0 Å². The fraction of sp³-hybridized carbons (Fsp3) is 0.190. The van der Waals surface area contributed by atoms with E-state index in [1.807, 2.05) is 31.2 Å². The number of hydrogen-bond acceptors (Lipinski definition) is 5. The number of tetrazole rings is 1. The molecule has 1 aliphatic rings. The highest BCUT2D eigenvalue weighted by Crippen LogP contribution is 2.40. The normalized spacial score (nSPS) is 13.6. The third kappa shape index (κ3) is 3.05. The van der Waals surface area contributed by atoms with Crippen LogP contribution in [0, 0.1) is 12.7 Å². The molecule has 5 rings (SSSR count). The number of aromatic nitrogens is 6. The van der Waals surface area contributed by atoms with Crippen LogP contribution in [-0.2, 0) is 0 Å². The van der Waals surface area contributed by atoms with Gasteiger partial charge in [-0.25, -0.2) is 14.4 Å². The van der Waals surface area contributed by atoms with Crippen LogP contribution in [0.15, 0.2) is 54.7 Å². The third-order valence-electron chi connectivity index (χ3n) is 4.86. The lowest BCUT2D eigenvalue weighted by Gasteiger charge is -2.11. The molecule has 1 aliphatic carbocycles. The smallest absolute Gasteiger partial charge is 0.190 e. The molecule has 0 unspecified atom stereocenters. The second-order valence-electron chi connectivity index (χ2n) is 7.02. The molecule has 0 aliphatic heterocycles. The van der Waals surface area contributed by atoms with E-state index < -0.39 is 0 Å². The van der Waals surface area contributed by atoms with Gasteiger partial charge in [-0.1, -0.05) is 17.7 Å². The van der Waals surface area contributed by atoms with E-state index in [0.717, 1.165) is 35.5 Å². The van der Waals surface area contributed by atoms with Gasteiger partial charge in [0.1, 0.15) is 11.6 Å². The van der Waals surface area contributed by atoms with Crippen molar-refractivity contribution in [3.8, 4) is 28.3 Å². The minimum Gasteiger partial charge on any atom is -0.240 e. The molecule has 0 spiro atoms. The van der Waals surface area contributed by atoms with E-state index in [1.165, 1.54) is 12.1 Å². The summed E-state index contributed by atoms with van der Waals surface area (Å²) in [5, 5.41) is 12.2. The van der Waals surface area contributed by atoms with Crippen LogP contribution in [0.3, 0.4) is 0 Å². The molecule has 138 valence electrons. The molecular formula is C21H17FN6. The molecule has 0 saturated heterocycles. The Kier molecular flexibility index (Phi) is 3.93. The van der Waals surface area contributed by atoms with Gasteiger partial charge in [0, 0.05) is 17.7 Å². The minimum atomic E-state index is -0.286. The van der Waals surface area contributed by atoms with Gasteiger partial charge in [0.25, 0.3) is 0 Å². The Balaban J connectivity index is 1.67. The number of halogens is 1. The molecule has 0 atom stereocenters. The molecule has 0 amide bonds. The third-order valence-corrected chi connectivity index (χ3v) is 4.86. The maximum Gasteiger partial charge on any atom is 0.190 e. The molecule has 6 nitrogen and oxygen atoms in total. The fourth-order valence-electron chi connectivity index (χ4n) is 3.14. The van der Waals surface area contributed by atoms with E-state index in [9.17, 15) is 4.39 Å². The highest BCUT2D eigenvalue weighted by molar-refractivity contribution is 5.77. The molecule has 0 N–H and O–H groups in total. The van der Waals surface area contributed by atoms with Crippen molar-refractivity contribution >= 4 is 0 Å². The van der Waals surface area contributed by atoms with Crippen molar-refractivity contribution in [1.29, 1.82) is 0 Å². The second-order valence-corrected chi connectivity index (χ2v) is 7.02.